The standard InChI is InChI=1S/C8H14F3N3O3/c1-7(2,8(9,10)11)4(5(15)14-12)13-6(16)17-3/h4H,12H2,1-3H3,(H,13,16)(H,14,15). The summed E-state index contributed by atoms with van der Waals surface area (Å²) in [6.45, 7) is 1.53. The van der Waals surface area contributed by atoms with Gasteiger partial charge in [-0.2, -0.15) is 13.2 Å². The lowest BCUT2D eigenvalue weighted by Gasteiger charge is -2.34. The van der Waals surface area contributed by atoms with E-state index in [0.717, 1.165) is 21.0 Å². The summed E-state index contributed by atoms with van der Waals surface area (Å²) < 4.78 is 42.3. The van der Waals surface area contributed by atoms with Crippen LogP contribution in [0.15, 0.2) is 0 Å². The van der Waals surface area contributed by atoms with Gasteiger partial charge in [-0.3, -0.25) is 10.2 Å². The zero-order valence-corrected chi connectivity index (χ0v) is 9.51. The molecule has 0 saturated heterocycles. The molecule has 0 aliphatic carbocycles. The second-order valence-corrected chi connectivity index (χ2v) is 3.80. The van der Waals surface area contributed by atoms with Gasteiger partial charge in [0.1, 0.15) is 6.04 Å². The first kappa shape index (κ1) is 15.5. The van der Waals surface area contributed by atoms with Gasteiger partial charge in [-0.15, -0.1) is 0 Å². The summed E-state index contributed by atoms with van der Waals surface area (Å²) in [7, 11) is 0.966. The van der Waals surface area contributed by atoms with Crippen LogP contribution in [0.4, 0.5) is 18.0 Å². The van der Waals surface area contributed by atoms with E-state index in [2.05, 4.69) is 4.74 Å². The Morgan fingerprint density at radius 2 is 1.76 bits per heavy atom. The number of amides is 2. The molecule has 0 bridgehead atoms. The molecule has 9 heteroatoms. The largest absolute Gasteiger partial charge is 0.453 e. The van der Waals surface area contributed by atoms with Gasteiger partial charge >= 0.3 is 12.3 Å². The van der Waals surface area contributed by atoms with Crippen LogP contribution in [-0.2, 0) is 9.53 Å². The molecule has 6 nitrogen and oxygen atoms in total. The predicted molar refractivity (Wildman–Crippen MR) is 51.5 cm³/mol. The fourth-order valence-corrected chi connectivity index (χ4v) is 0.997. The van der Waals surface area contributed by atoms with Crippen molar-refractivity contribution in [3.8, 4) is 0 Å². The Kier molecular flexibility index (Phi) is 4.75. The molecule has 0 saturated carbocycles. The molecule has 0 aliphatic heterocycles. The fourth-order valence-electron chi connectivity index (χ4n) is 0.997. The quantitative estimate of drug-likeness (QED) is 0.385. The van der Waals surface area contributed by atoms with Crippen molar-refractivity contribution in [1.82, 2.24) is 10.7 Å². The molecule has 0 fully saturated rings. The molecule has 0 aromatic heterocycles. The number of nitrogens with one attached hydrogen (secondary N) is 2. The molecule has 0 aromatic rings. The fraction of sp³-hybridized carbons (Fsp3) is 0.750. The normalized spacial score (nSPS) is 13.8. The summed E-state index contributed by atoms with van der Waals surface area (Å²) in [6.07, 6.45) is -5.86. The summed E-state index contributed by atoms with van der Waals surface area (Å²) in [4.78, 5) is 22.1. The molecular formula is C8H14F3N3O3. The Bertz CT molecular complexity index is 304. The molecule has 0 radical (unpaired) electrons. The Labute approximate surface area is 95.6 Å². The van der Waals surface area contributed by atoms with E-state index < -0.39 is 29.6 Å². The minimum absolute atomic E-state index is 0.767. The van der Waals surface area contributed by atoms with E-state index in [9.17, 15) is 22.8 Å². The predicted octanol–water partition coefficient (Wildman–Crippen LogP) is 0.289. The van der Waals surface area contributed by atoms with Gasteiger partial charge in [0, 0.05) is 0 Å². The molecule has 17 heavy (non-hydrogen) atoms. The third kappa shape index (κ3) is 3.48. The molecule has 0 heterocycles. The van der Waals surface area contributed by atoms with E-state index in [-0.39, 0.29) is 0 Å². The third-order valence-corrected chi connectivity index (χ3v) is 2.30. The van der Waals surface area contributed by atoms with Crippen LogP contribution in [0.2, 0.25) is 0 Å². The molecule has 0 aromatic carbocycles. The topological polar surface area (TPSA) is 93.4 Å². The SMILES string of the molecule is COC(=O)NC(C(=O)NN)C(C)(C)C(F)(F)F. The molecule has 100 valence electrons. The van der Waals surface area contributed by atoms with Crippen LogP contribution in [0.3, 0.4) is 0 Å². The minimum atomic E-state index is -4.70. The highest BCUT2D eigenvalue weighted by atomic mass is 19.4. The van der Waals surface area contributed by atoms with Crippen LogP contribution in [0.1, 0.15) is 13.8 Å². The zero-order valence-electron chi connectivity index (χ0n) is 9.51. The molecule has 0 spiro atoms. The van der Waals surface area contributed by atoms with Crippen molar-refractivity contribution in [2.45, 2.75) is 26.1 Å². The van der Waals surface area contributed by atoms with Crippen molar-refractivity contribution >= 4 is 12.0 Å². The summed E-state index contributed by atoms with van der Waals surface area (Å²) in [5, 5.41) is 1.79. The molecule has 0 aliphatic rings. The average Bonchev–Trinajstić information content (AvgIpc) is 2.22. The van der Waals surface area contributed by atoms with Crippen molar-refractivity contribution < 1.29 is 27.5 Å². The number of hydrogen-bond acceptors (Lipinski definition) is 4. The first-order valence-electron chi connectivity index (χ1n) is 4.49. The Morgan fingerprint density at radius 3 is 2.06 bits per heavy atom. The maximum atomic E-state index is 12.7. The van der Waals surface area contributed by atoms with Crippen LogP contribution >= 0.6 is 0 Å². The number of carbonyl (C=O) groups is 2. The Morgan fingerprint density at radius 1 is 1.29 bits per heavy atom. The first-order chi connectivity index (χ1) is 7.57. The molecular weight excluding hydrogens is 243 g/mol. The van der Waals surface area contributed by atoms with Crippen LogP contribution < -0.4 is 16.6 Å². The number of hydrazine groups is 1. The summed E-state index contributed by atoms with van der Waals surface area (Å²) in [6, 6.07) is -1.89. The monoisotopic (exact) mass is 257 g/mol. The molecule has 4 N–H and O–H groups in total. The lowest BCUT2D eigenvalue weighted by molar-refractivity contribution is -0.220. The summed E-state index contributed by atoms with van der Waals surface area (Å²) >= 11 is 0. The van der Waals surface area contributed by atoms with Crippen molar-refractivity contribution in [3.63, 3.8) is 0 Å². The number of hydrogen-bond donors (Lipinski definition) is 3. The van der Waals surface area contributed by atoms with Gasteiger partial charge in [0.05, 0.1) is 12.5 Å². The van der Waals surface area contributed by atoms with E-state index in [4.69, 9.17) is 5.84 Å². The van der Waals surface area contributed by atoms with Crippen LogP contribution in [-0.4, -0.2) is 31.3 Å². The van der Waals surface area contributed by atoms with Gasteiger partial charge in [0.25, 0.3) is 5.91 Å². The van der Waals surface area contributed by atoms with E-state index >= 15 is 0 Å². The van der Waals surface area contributed by atoms with Gasteiger partial charge in [0.15, 0.2) is 0 Å². The highest BCUT2D eigenvalue weighted by molar-refractivity contribution is 5.86. The second-order valence-electron chi connectivity index (χ2n) is 3.80. The van der Waals surface area contributed by atoms with Crippen LogP contribution in [0, 0.1) is 5.41 Å². The molecule has 1 atom stereocenters. The summed E-state index contributed by atoms with van der Waals surface area (Å²) in [5.41, 5.74) is -0.932. The third-order valence-electron chi connectivity index (χ3n) is 2.30. The number of alkyl halides is 3. The number of rotatable bonds is 3. The first-order valence-corrected chi connectivity index (χ1v) is 4.49. The number of carbonyl (C=O) groups excluding carboxylic acids is 2. The minimum Gasteiger partial charge on any atom is -0.453 e. The van der Waals surface area contributed by atoms with E-state index in [1.165, 1.54) is 0 Å². The zero-order chi connectivity index (χ0) is 13.9. The van der Waals surface area contributed by atoms with Crippen LogP contribution in [0.5, 0.6) is 0 Å². The number of alkyl carbamates (subject to hydrolysis) is 1. The van der Waals surface area contributed by atoms with Crippen molar-refractivity contribution in [2.24, 2.45) is 11.3 Å². The lowest BCUT2D eigenvalue weighted by atomic mass is 9.83. The smallest absolute Gasteiger partial charge is 0.407 e. The highest BCUT2D eigenvalue weighted by Crippen LogP contribution is 2.40. The van der Waals surface area contributed by atoms with Gasteiger partial charge in [-0.25, -0.2) is 10.6 Å². The number of methoxy groups -OCH3 is 1. The molecule has 2 amide bonds. The maximum absolute atomic E-state index is 12.7. The number of halogens is 3. The second kappa shape index (κ2) is 5.21. The molecule has 1 unspecified atom stereocenters. The van der Waals surface area contributed by atoms with Gasteiger partial charge < -0.3 is 10.1 Å². The summed E-state index contributed by atoms with van der Waals surface area (Å²) in [5.74, 6) is 3.60. The van der Waals surface area contributed by atoms with Gasteiger partial charge in [-0.05, 0) is 13.8 Å². The maximum Gasteiger partial charge on any atom is 0.407 e. The van der Waals surface area contributed by atoms with E-state index in [1.807, 2.05) is 0 Å². The van der Waals surface area contributed by atoms with E-state index in [1.54, 1.807) is 10.7 Å². The Balaban J connectivity index is 5.18. The molecule has 0 rings (SSSR count). The highest BCUT2D eigenvalue weighted by Gasteiger charge is 2.55. The number of nitrogens with two attached hydrogens (primary N) is 1. The Hall–Kier alpha value is -1.51. The van der Waals surface area contributed by atoms with Crippen molar-refractivity contribution in [1.29, 1.82) is 0 Å². The average molecular weight is 257 g/mol. The van der Waals surface area contributed by atoms with Gasteiger partial charge in [0.2, 0.25) is 0 Å². The number of ether oxygens (including phenoxy) is 1. The van der Waals surface area contributed by atoms with E-state index in [0.29, 0.717) is 0 Å². The van der Waals surface area contributed by atoms with Crippen molar-refractivity contribution in [3.05, 3.63) is 0 Å². The van der Waals surface area contributed by atoms with Crippen LogP contribution in [0.25, 0.3) is 0 Å². The van der Waals surface area contributed by atoms with Crippen molar-refractivity contribution in [2.75, 3.05) is 7.11 Å². The van der Waals surface area contributed by atoms with Gasteiger partial charge in [-0.1, -0.05) is 0 Å². The lowest BCUT2D eigenvalue weighted by Crippen LogP contribution is -2.60.